The first-order valence-electron chi connectivity index (χ1n) is 8.59. The highest BCUT2D eigenvalue weighted by atomic mass is 35.5. The van der Waals surface area contributed by atoms with Gasteiger partial charge in [0.2, 0.25) is 0 Å². The Morgan fingerprint density at radius 3 is 2.59 bits per heavy atom. The fourth-order valence-corrected chi connectivity index (χ4v) is 2.70. The number of rotatable bonds is 6. The molecule has 0 heterocycles. The lowest BCUT2D eigenvalue weighted by Crippen LogP contribution is -2.37. The van der Waals surface area contributed by atoms with Gasteiger partial charge >= 0.3 is 0 Å². The van der Waals surface area contributed by atoms with Crippen LogP contribution < -0.4 is 10.6 Å². The van der Waals surface area contributed by atoms with Crippen LogP contribution in [0.3, 0.4) is 0 Å². The van der Waals surface area contributed by atoms with Gasteiger partial charge in [-0.1, -0.05) is 29.8 Å². The van der Waals surface area contributed by atoms with Crippen LogP contribution in [-0.2, 0) is 13.0 Å². The largest absolute Gasteiger partial charge is 0.356 e. The predicted octanol–water partition coefficient (Wildman–Crippen LogP) is 3.09. The Balaban J connectivity index is 1.85. The summed E-state index contributed by atoms with van der Waals surface area (Å²) in [6.07, 6.45) is 0.748. The summed E-state index contributed by atoms with van der Waals surface area (Å²) in [6.45, 7) is 1.13. The van der Waals surface area contributed by atoms with E-state index >= 15 is 0 Å². The Bertz CT molecular complexity index is 823. The maximum atomic E-state index is 13.2. The number of guanidine groups is 1. The van der Waals surface area contributed by atoms with Crippen LogP contribution in [0.5, 0.6) is 0 Å². The predicted molar refractivity (Wildman–Crippen MR) is 108 cm³/mol. The number of halogens is 2. The van der Waals surface area contributed by atoms with Gasteiger partial charge in [0.05, 0.1) is 5.02 Å². The normalized spacial score (nSPS) is 11.2. The molecule has 0 aromatic heterocycles. The molecule has 7 heteroatoms. The number of hydrogen-bond donors (Lipinski definition) is 2. The van der Waals surface area contributed by atoms with Crippen molar-refractivity contribution in [2.24, 2.45) is 4.99 Å². The minimum absolute atomic E-state index is 0.0137. The van der Waals surface area contributed by atoms with Crippen molar-refractivity contribution in [1.29, 1.82) is 0 Å². The average molecular weight is 391 g/mol. The molecule has 0 saturated carbocycles. The summed E-state index contributed by atoms with van der Waals surface area (Å²) in [4.78, 5) is 17.8. The van der Waals surface area contributed by atoms with Gasteiger partial charge in [-0.15, -0.1) is 0 Å². The molecule has 0 radical (unpaired) electrons. The molecular formula is C20H24ClFN4O. The van der Waals surface area contributed by atoms with Crippen LogP contribution >= 0.6 is 11.6 Å². The number of carbonyl (C=O) groups is 1. The number of aliphatic imine (C=N–C) groups is 1. The SMILES string of the molecule is CN=C(NCCc1cccc(C(=O)N(C)C)c1)NCc1ccc(F)c(Cl)c1. The Hall–Kier alpha value is -2.60. The zero-order valence-electron chi connectivity index (χ0n) is 15.7. The molecule has 2 aromatic carbocycles. The van der Waals surface area contributed by atoms with Crippen molar-refractivity contribution >= 4 is 23.5 Å². The zero-order chi connectivity index (χ0) is 19.8. The van der Waals surface area contributed by atoms with E-state index in [0.29, 0.717) is 24.6 Å². The average Bonchev–Trinajstić information content (AvgIpc) is 2.66. The molecule has 0 aliphatic carbocycles. The third-order valence-corrected chi connectivity index (χ3v) is 4.24. The molecule has 144 valence electrons. The fourth-order valence-electron chi connectivity index (χ4n) is 2.50. The second-order valence-corrected chi connectivity index (χ2v) is 6.66. The maximum absolute atomic E-state index is 13.2. The molecule has 2 rings (SSSR count). The molecule has 0 aliphatic rings. The molecule has 1 amide bonds. The first kappa shape index (κ1) is 20.7. The number of nitrogens with zero attached hydrogens (tertiary/aromatic N) is 2. The topological polar surface area (TPSA) is 56.7 Å². The standard InChI is InChI=1S/C20H24ClFN4O/c1-23-20(25-13-15-7-8-18(22)17(21)12-15)24-10-9-14-5-4-6-16(11-14)19(27)26(2)3/h4-8,11-12H,9-10,13H2,1-3H3,(H2,23,24,25). The van der Waals surface area contributed by atoms with Crippen LogP contribution in [-0.4, -0.2) is 44.5 Å². The minimum Gasteiger partial charge on any atom is -0.356 e. The van der Waals surface area contributed by atoms with Gasteiger partial charge in [0.15, 0.2) is 5.96 Å². The van der Waals surface area contributed by atoms with Gasteiger partial charge in [-0.3, -0.25) is 9.79 Å². The van der Waals surface area contributed by atoms with Crippen LogP contribution in [0.2, 0.25) is 5.02 Å². The Morgan fingerprint density at radius 1 is 1.15 bits per heavy atom. The van der Waals surface area contributed by atoms with Gasteiger partial charge < -0.3 is 15.5 Å². The van der Waals surface area contributed by atoms with E-state index < -0.39 is 5.82 Å². The van der Waals surface area contributed by atoms with E-state index in [1.807, 2.05) is 24.3 Å². The molecule has 2 N–H and O–H groups in total. The molecule has 0 bridgehead atoms. The Labute approximate surface area is 164 Å². The van der Waals surface area contributed by atoms with E-state index in [-0.39, 0.29) is 10.9 Å². The molecule has 0 unspecified atom stereocenters. The lowest BCUT2D eigenvalue weighted by atomic mass is 10.1. The van der Waals surface area contributed by atoms with Crippen LogP contribution in [0.25, 0.3) is 0 Å². The third-order valence-electron chi connectivity index (χ3n) is 3.95. The smallest absolute Gasteiger partial charge is 0.253 e. The lowest BCUT2D eigenvalue weighted by molar-refractivity contribution is 0.0827. The second kappa shape index (κ2) is 9.92. The summed E-state index contributed by atoms with van der Waals surface area (Å²) in [6, 6.07) is 12.2. The Morgan fingerprint density at radius 2 is 1.93 bits per heavy atom. The first-order chi connectivity index (χ1) is 12.9. The molecule has 27 heavy (non-hydrogen) atoms. The van der Waals surface area contributed by atoms with Crippen molar-refractivity contribution in [3.63, 3.8) is 0 Å². The van der Waals surface area contributed by atoms with Gasteiger partial charge in [-0.25, -0.2) is 4.39 Å². The monoisotopic (exact) mass is 390 g/mol. The van der Waals surface area contributed by atoms with Crippen molar-refractivity contribution in [1.82, 2.24) is 15.5 Å². The summed E-state index contributed by atoms with van der Waals surface area (Å²) in [7, 11) is 5.16. The highest BCUT2D eigenvalue weighted by Gasteiger charge is 2.08. The van der Waals surface area contributed by atoms with Crippen LogP contribution in [0, 0.1) is 5.82 Å². The lowest BCUT2D eigenvalue weighted by Gasteiger charge is -2.13. The number of benzene rings is 2. The van der Waals surface area contributed by atoms with Crippen molar-refractivity contribution in [2.45, 2.75) is 13.0 Å². The molecule has 0 fully saturated rings. The van der Waals surface area contributed by atoms with E-state index in [0.717, 1.165) is 17.5 Å². The van der Waals surface area contributed by atoms with Crippen LogP contribution in [0.4, 0.5) is 4.39 Å². The molecule has 0 atom stereocenters. The van der Waals surface area contributed by atoms with E-state index in [2.05, 4.69) is 15.6 Å². The van der Waals surface area contributed by atoms with Gasteiger partial charge in [0.25, 0.3) is 5.91 Å². The molecule has 0 aliphatic heterocycles. The summed E-state index contributed by atoms with van der Waals surface area (Å²) in [5.41, 5.74) is 2.60. The molecule has 5 nitrogen and oxygen atoms in total. The number of hydrogen-bond acceptors (Lipinski definition) is 2. The zero-order valence-corrected chi connectivity index (χ0v) is 16.5. The van der Waals surface area contributed by atoms with Crippen molar-refractivity contribution < 1.29 is 9.18 Å². The summed E-state index contributed by atoms with van der Waals surface area (Å²) < 4.78 is 13.2. The van der Waals surface area contributed by atoms with E-state index in [1.54, 1.807) is 38.2 Å². The minimum atomic E-state index is -0.432. The second-order valence-electron chi connectivity index (χ2n) is 6.25. The van der Waals surface area contributed by atoms with E-state index in [1.165, 1.54) is 6.07 Å². The maximum Gasteiger partial charge on any atom is 0.253 e. The van der Waals surface area contributed by atoms with Gasteiger partial charge in [-0.2, -0.15) is 0 Å². The summed E-state index contributed by atoms with van der Waals surface area (Å²) in [5.74, 6) is 0.189. The van der Waals surface area contributed by atoms with Gasteiger partial charge in [0, 0.05) is 39.8 Å². The first-order valence-corrected chi connectivity index (χ1v) is 8.97. The molecule has 2 aromatic rings. The summed E-state index contributed by atoms with van der Waals surface area (Å²) in [5, 5.41) is 6.48. The highest BCUT2D eigenvalue weighted by molar-refractivity contribution is 6.30. The van der Waals surface area contributed by atoms with Crippen LogP contribution in [0.15, 0.2) is 47.5 Å². The quantitative estimate of drug-likeness (QED) is 0.588. The van der Waals surface area contributed by atoms with Crippen molar-refractivity contribution in [3.8, 4) is 0 Å². The molecule has 0 saturated heterocycles. The Kier molecular flexibility index (Phi) is 7.61. The number of amides is 1. The van der Waals surface area contributed by atoms with E-state index in [4.69, 9.17) is 11.6 Å². The molecule has 0 spiro atoms. The fraction of sp³-hybridized carbons (Fsp3) is 0.300. The van der Waals surface area contributed by atoms with Crippen molar-refractivity contribution in [2.75, 3.05) is 27.7 Å². The third kappa shape index (κ3) is 6.25. The highest BCUT2D eigenvalue weighted by Crippen LogP contribution is 2.15. The number of carbonyl (C=O) groups excluding carboxylic acids is 1. The van der Waals surface area contributed by atoms with E-state index in [9.17, 15) is 9.18 Å². The summed E-state index contributed by atoms with van der Waals surface area (Å²) >= 11 is 5.79. The van der Waals surface area contributed by atoms with Gasteiger partial charge in [-0.05, 0) is 41.8 Å². The number of nitrogens with one attached hydrogen (secondary N) is 2. The van der Waals surface area contributed by atoms with Crippen LogP contribution in [0.1, 0.15) is 21.5 Å². The van der Waals surface area contributed by atoms with Crippen molar-refractivity contribution in [3.05, 3.63) is 70.0 Å². The molecular weight excluding hydrogens is 367 g/mol. The van der Waals surface area contributed by atoms with Gasteiger partial charge in [0.1, 0.15) is 5.82 Å².